The lowest BCUT2D eigenvalue weighted by atomic mass is 9.80. The minimum atomic E-state index is -4.11. The lowest BCUT2D eigenvalue weighted by Crippen LogP contribution is -2.63. The van der Waals surface area contributed by atoms with E-state index in [-0.39, 0.29) is 12.5 Å². The lowest BCUT2D eigenvalue weighted by Gasteiger charge is -2.39. The van der Waals surface area contributed by atoms with Crippen molar-refractivity contribution in [1.29, 1.82) is 5.26 Å². The fraction of sp³-hybridized carbons (Fsp3) is 0.833. The van der Waals surface area contributed by atoms with Crippen LogP contribution in [0.4, 0.5) is 0 Å². The third kappa shape index (κ3) is 3.94. The molecule has 1 aliphatic heterocycles. The highest BCUT2D eigenvalue weighted by molar-refractivity contribution is 9.09. The number of nitrogens with zero attached hydrogens (tertiary/aromatic N) is 1. The van der Waals surface area contributed by atoms with Gasteiger partial charge >= 0.3 is 16.3 Å². The van der Waals surface area contributed by atoms with E-state index in [9.17, 15) is 18.5 Å². The van der Waals surface area contributed by atoms with Crippen molar-refractivity contribution in [3.8, 4) is 6.07 Å². The molecular formula is C12H19BrN2O5S. The van der Waals surface area contributed by atoms with Gasteiger partial charge in [-0.25, -0.2) is 0 Å². The minimum Gasteiger partial charge on any atom is -0.459 e. The molecule has 9 heteroatoms. The second-order valence-electron chi connectivity index (χ2n) is 5.47. The van der Waals surface area contributed by atoms with Crippen molar-refractivity contribution in [3.05, 3.63) is 0 Å². The molecule has 0 amide bonds. The zero-order valence-corrected chi connectivity index (χ0v) is 14.7. The average molecular weight is 383 g/mol. The number of alkyl halides is 1. The summed E-state index contributed by atoms with van der Waals surface area (Å²) in [7, 11) is -4.11. The predicted octanol–water partition coefficient (Wildman–Crippen LogP) is 1.10. The third-order valence-corrected chi connectivity index (χ3v) is 6.06. The van der Waals surface area contributed by atoms with Gasteiger partial charge in [0, 0.05) is 12.8 Å². The molecule has 0 bridgehead atoms. The third-order valence-electron chi connectivity index (χ3n) is 3.24. The van der Waals surface area contributed by atoms with Crippen molar-refractivity contribution in [2.24, 2.45) is 11.8 Å². The Morgan fingerprint density at radius 2 is 2.14 bits per heavy atom. The second-order valence-corrected chi connectivity index (χ2v) is 7.81. The van der Waals surface area contributed by atoms with E-state index >= 15 is 0 Å². The molecule has 120 valence electrons. The molecule has 0 aliphatic carbocycles. The smallest absolute Gasteiger partial charge is 0.337 e. The maximum Gasteiger partial charge on any atom is 0.337 e. The zero-order valence-electron chi connectivity index (χ0n) is 12.3. The summed E-state index contributed by atoms with van der Waals surface area (Å²) < 4.78 is 36.1. The van der Waals surface area contributed by atoms with Crippen LogP contribution in [0, 0.1) is 23.2 Å². The van der Waals surface area contributed by atoms with Gasteiger partial charge in [-0.3, -0.25) is 8.98 Å². The maximum atomic E-state index is 11.9. The number of halogens is 1. The van der Waals surface area contributed by atoms with Crippen LogP contribution in [0.5, 0.6) is 0 Å². The monoisotopic (exact) mass is 382 g/mol. The van der Waals surface area contributed by atoms with E-state index < -0.39 is 38.7 Å². The van der Waals surface area contributed by atoms with E-state index in [2.05, 4.69) is 20.7 Å². The highest BCUT2D eigenvalue weighted by atomic mass is 79.9. The van der Waals surface area contributed by atoms with Crippen molar-refractivity contribution in [2.45, 2.75) is 44.2 Å². The quantitative estimate of drug-likeness (QED) is 0.578. The first-order valence-electron chi connectivity index (χ1n) is 6.46. The van der Waals surface area contributed by atoms with Gasteiger partial charge in [-0.15, -0.1) is 0 Å². The molecule has 1 heterocycles. The van der Waals surface area contributed by atoms with Gasteiger partial charge in [0.1, 0.15) is 6.10 Å². The summed E-state index contributed by atoms with van der Waals surface area (Å²) in [4.78, 5) is 10.8. The Balaban J connectivity index is 3.44. The van der Waals surface area contributed by atoms with Gasteiger partial charge in [-0.1, -0.05) is 36.7 Å². The van der Waals surface area contributed by atoms with Crippen LogP contribution in [0.15, 0.2) is 0 Å². The standard InChI is InChI=1S/C12H19BrN2O5S/c1-7(2)10(13)12(6-14)11(20-9(4)16)8(3)5-19-21(17,18)15-12/h7-8,10-11,15H,5H2,1-4H3/t8-,10-,11+,12-/m0/s1. The topological polar surface area (TPSA) is 105 Å². The largest absolute Gasteiger partial charge is 0.459 e. The van der Waals surface area contributed by atoms with Gasteiger partial charge in [-0.05, 0) is 5.92 Å². The first-order chi connectivity index (χ1) is 9.55. The van der Waals surface area contributed by atoms with Crippen LogP contribution in [-0.2, 0) is 24.0 Å². The fourth-order valence-corrected chi connectivity index (χ4v) is 4.09. The SMILES string of the molecule is CC(=O)O[C@@H]1[C@@H](C)COS(=O)(=O)N[C@@]1(C#N)[C@@H](Br)C(C)C. The second kappa shape index (κ2) is 6.60. The van der Waals surface area contributed by atoms with Crippen LogP contribution >= 0.6 is 15.9 Å². The van der Waals surface area contributed by atoms with E-state index in [1.807, 2.05) is 19.9 Å². The van der Waals surface area contributed by atoms with Crippen LogP contribution in [0.3, 0.4) is 0 Å². The molecule has 1 rings (SSSR count). The highest BCUT2D eigenvalue weighted by Gasteiger charge is 2.55. The molecule has 0 unspecified atom stereocenters. The number of esters is 1. The molecule has 0 saturated carbocycles. The summed E-state index contributed by atoms with van der Waals surface area (Å²) in [5, 5.41) is 9.67. The Bertz CT molecular complexity index is 544. The van der Waals surface area contributed by atoms with Gasteiger partial charge in [0.2, 0.25) is 0 Å². The van der Waals surface area contributed by atoms with Crippen molar-refractivity contribution in [3.63, 3.8) is 0 Å². The van der Waals surface area contributed by atoms with Crippen molar-refractivity contribution in [2.75, 3.05) is 6.61 Å². The van der Waals surface area contributed by atoms with Crippen LogP contribution in [0.25, 0.3) is 0 Å². The van der Waals surface area contributed by atoms with E-state index in [4.69, 9.17) is 8.92 Å². The molecule has 4 atom stereocenters. The predicted molar refractivity (Wildman–Crippen MR) is 78.6 cm³/mol. The summed E-state index contributed by atoms with van der Waals surface area (Å²) in [6.45, 7) is 6.37. The number of ether oxygens (including phenoxy) is 1. The number of nitriles is 1. The number of hydrogen-bond acceptors (Lipinski definition) is 6. The minimum absolute atomic E-state index is 0.0873. The van der Waals surface area contributed by atoms with E-state index in [1.54, 1.807) is 6.92 Å². The van der Waals surface area contributed by atoms with Gasteiger partial charge in [0.25, 0.3) is 0 Å². The Labute approximate surface area is 133 Å². The van der Waals surface area contributed by atoms with Crippen LogP contribution in [0.2, 0.25) is 0 Å². The molecule has 0 radical (unpaired) electrons. The van der Waals surface area contributed by atoms with E-state index in [0.29, 0.717) is 0 Å². The summed E-state index contributed by atoms with van der Waals surface area (Å²) in [5.74, 6) is -1.15. The number of carbonyl (C=O) groups excluding carboxylic acids is 1. The van der Waals surface area contributed by atoms with Gasteiger partial charge in [-0.2, -0.15) is 18.4 Å². The van der Waals surface area contributed by atoms with E-state index in [1.165, 1.54) is 6.92 Å². The van der Waals surface area contributed by atoms with Crippen molar-refractivity contribution < 1.29 is 22.1 Å². The Morgan fingerprint density at radius 3 is 2.57 bits per heavy atom. The normalized spacial score (nSPS) is 33.8. The molecule has 0 spiro atoms. The molecule has 0 aromatic rings. The first kappa shape index (κ1) is 18.4. The molecule has 1 aliphatic rings. The summed E-state index contributed by atoms with van der Waals surface area (Å²) in [6, 6.07) is 1.99. The van der Waals surface area contributed by atoms with E-state index in [0.717, 1.165) is 0 Å². The zero-order chi connectivity index (χ0) is 16.4. The van der Waals surface area contributed by atoms with Gasteiger partial charge in [0.05, 0.1) is 17.5 Å². The molecule has 21 heavy (non-hydrogen) atoms. The molecule has 0 aromatic heterocycles. The number of rotatable bonds is 3. The molecule has 1 saturated heterocycles. The van der Waals surface area contributed by atoms with Crippen LogP contribution < -0.4 is 4.72 Å². The molecule has 0 aromatic carbocycles. The number of carbonyl (C=O) groups is 1. The summed E-state index contributed by atoms with van der Waals surface area (Å²) in [6.07, 6.45) is -0.968. The number of hydrogen-bond donors (Lipinski definition) is 1. The van der Waals surface area contributed by atoms with Crippen molar-refractivity contribution >= 4 is 32.2 Å². The maximum absolute atomic E-state index is 11.9. The summed E-state index contributed by atoms with van der Waals surface area (Å²) >= 11 is 3.37. The lowest BCUT2D eigenvalue weighted by molar-refractivity contribution is -0.152. The molecule has 7 nitrogen and oxygen atoms in total. The Kier molecular flexibility index (Phi) is 5.77. The van der Waals surface area contributed by atoms with Crippen molar-refractivity contribution in [1.82, 2.24) is 4.72 Å². The van der Waals surface area contributed by atoms with Crippen LogP contribution in [0.1, 0.15) is 27.7 Å². The van der Waals surface area contributed by atoms with Crippen LogP contribution in [-0.4, -0.2) is 37.5 Å². The first-order valence-corrected chi connectivity index (χ1v) is 8.79. The Morgan fingerprint density at radius 1 is 1.57 bits per heavy atom. The van der Waals surface area contributed by atoms with Gasteiger partial charge < -0.3 is 4.74 Å². The Hall–Kier alpha value is -0.690. The van der Waals surface area contributed by atoms with Gasteiger partial charge in [0.15, 0.2) is 5.54 Å². The summed E-state index contributed by atoms with van der Waals surface area (Å²) in [5.41, 5.74) is -1.64. The molecule has 1 fully saturated rings. The number of nitrogens with one attached hydrogen (secondary N) is 1. The highest BCUT2D eigenvalue weighted by Crippen LogP contribution is 2.36. The molecular weight excluding hydrogens is 364 g/mol. The molecule has 1 N–H and O–H groups in total. The average Bonchev–Trinajstić information content (AvgIpc) is 2.47. The fourth-order valence-electron chi connectivity index (χ4n) is 2.30.